The van der Waals surface area contributed by atoms with Crippen LogP contribution in [0.3, 0.4) is 0 Å². The average molecular weight is 331 g/mol. The summed E-state index contributed by atoms with van der Waals surface area (Å²) < 4.78 is 0. The molecule has 0 bridgehead atoms. The molecule has 0 spiro atoms. The summed E-state index contributed by atoms with van der Waals surface area (Å²) >= 11 is 0. The van der Waals surface area contributed by atoms with E-state index in [-0.39, 0.29) is 22.6 Å². The number of nitrogens with one attached hydrogen (secondary N) is 1. The first kappa shape index (κ1) is 16.7. The molecule has 2 fully saturated rings. The van der Waals surface area contributed by atoms with Crippen molar-refractivity contribution in [2.45, 2.75) is 45.6 Å². The zero-order valence-corrected chi connectivity index (χ0v) is 14.3. The standard InChI is InChI=1S/C18H25N3O3/c1-12-7-9-20(10-8-12)16-6-5-15(11-17(16)21(23)24)18(22)19-13(2)14-3-4-14/h5-6,11-14H,3-4,7-10H2,1-2H3,(H,19,22). The van der Waals surface area contributed by atoms with Gasteiger partial charge < -0.3 is 10.2 Å². The highest BCUT2D eigenvalue weighted by Crippen LogP contribution is 2.34. The molecule has 1 aliphatic heterocycles. The second-order valence-electron chi connectivity index (χ2n) is 7.23. The lowest BCUT2D eigenvalue weighted by Gasteiger charge is -2.31. The van der Waals surface area contributed by atoms with E-state index in [1.54, 1.807) is 12.1 Å². The van der Waals surface area contributed by atoms with Gasteiger partial charge in [-0.05, 0) is 56.6 Å². The predicted octanol–water partition coefficient (Wildman–Crippen LogP) is 3.36. The quantitative estimate of drug-likeness (QED) is 0.663. The monoisotopic (exact) mass is 331 g/mol. The summed E-state index contributed by atoms with van der Waals surface area (Å²) in [5, 5.41) is 14.4. The SMILES string of the molecule is CC1CCN(c2ccc(C(=O)NC(C)C3CC3)cc2[N+](=O)[O-])CC1. The minimum absolute atomic E-state index is 0.0243. The van der Waals surface area contributed by atoms with E-state index in [9.17, 15) is 14.9 Å². The van der Waals surface area contributed by atoms with Crippen molar-refractivity contribution in [3.63, 3.8) is 0 Å². The van der Waals surface area contributed by atoms with Crippen LogP contribution in [0.5, 0.6) is 0 Å². The number of carbonyl (C=O) groups is 1. The first-order valence-electron chi connectivity index (χ1n) is 8.80. The van der Waals surface area contributed by atoms with E-state index >= 15 is 0 Å². The van der Waals surface area contributed by atoms with Gasteiger partial charge in [-0.2, -0.15) is 0 Å². The van der Waals surface area contributed by atoms with Crippen LogP contribution in [0.1, 0.15) is 49.9 Å². The van der Waals surface area contributed by atoms with Crippen molar-refractivity contribution >= 4 is 17.3 Å². The summed E-state index contributed by atoms with van der Waals surface area (Å²) in [5.41, 5.74) is 1.01. The molecule has 6 heteroatoms. The van der Waals surface area contributed by atoms with Crippen LogP contribution in [-0.2, 0) is 0 Å². The van der Waals surface area contributed by atoms with E-state index < -0.39 is 0 Å². The van der Waals surface area contributed by atoms with Crippen molar-refractivity contribution in [1.82, 2.24) is 5.32 Å². The Morgan fingerprint density at radius 3 is 2.54 bits per heavy atom. The highest BCUT2D eigenvalue weighted by atomic mass is 16.6. The van der Waals surface area contributed by atoms with Crippen LogP contribution in [0, 0.1) is 22.0 Å². The normalized spacial score (nSPS) is 19.8. The van der Waals surface area contributed by atoms with E-state index in [1.807, 2.05) is 6.92 Å². The van der Waals surface area contributed by atoms with Crippen molar-refractivity contribution in [2.75, 3.05) is 18.0 Å². The Morgan fingerprint density at radius 2 is 1.96 bits per heavy atom. The van der Waals surface area contributed by atoms with E-state index in [0.717, 1.165) is 38.8 Å². The lowest BCUT2D eigenvalue weighted by Crippen LogP contribution is -2.34. The van der Waals surface area contributed by atoms with Crippen molar-refractivity contribution in [2.24, 2.45) is 11.8 Å². The number of nitrogens with zero attached hydrogens (tertiary/aromatic N) is 2. The lowest BCUT2D eigenvalue weighted by molar-refractivity contribution is -0.384. The molecule has 1 atom stereocenters. The predicted molar refractivity (Wildman–Crippen MR) is 93.4 cm³/mol. The van der Waals surface area contributed by atoms with Crippen molar-refractivity contribution in [1.29, 1.82) is 0 Å². The summed E-state index contributed by atoms with van der Waals surface area (Å²) in [5.74, 6) is 0.990. The molecule has 1 aliphatic carbocycles. The summed E-state index contributed by atoms with van der Waals surface area (Å²) in [7, 11) is 0. The minimum Gasteiger partial charge on any atom is -0.366 e. The van der Waals surface area contributed by atoms with Gasteiger partial charge in [-0.15, -0.1) is 0 Å². The number of hydrogen-bond donors (Lipinski definition) is 1. The highest BCUT2D eigenvalue weighted by molar-refractivity contribution is 5.96. The third-order valence-electron chi connectivity index (χ3n) is 5.25. The third-order valence-corrected chi connectivity index (χ3v) is 5.25. The van der Waals surface area contributed by atoms with E-state index in [1.165, 1.54) is 6.07 Å². The Hall–Kier alpha value is -2.11. The van der Waals surface area contributed by atoms with E-state index in [4.69, 9.17) is 0 Å². The Morgan fingerprint density at radius 1 is 1.29 bits per heavy atom. The van der Waals surface area contributed by atoms with Gasteiger partial charge in [-0.1, -0.05) is 6.92 Å². The van der Waals surface area contributed by atoms with Crippen molar-refractivity contribution in [3.05, 3.63) is 33.9 Å². The second-order valence-corrected chi connectivity index (χ2v) is 7.23. The number of amides is 1. The van der Waals surface area contributed by atoms with Gasteiger partial charge in [0.25, 0.3) is 11.6 Å². The summed E-state index contributed by atoms with van der Waals surface area (Å²) in [4.78, 5) is 25.5. The lowest BCUT2D eigenvalue weighted by atomic mass is 9.98. The first-order valence-corrected chi connectivity index (χ1v) is 8.80. The molecular weight excluding hydrogens is 306 g/mol. The topological polar surface area (TPSA) is 75.5 Å². The molecule has 1 heterocycles. The molecular formula is C18H25N3O3. The first-order chi connectivity index (χ1) is 11.5. The molecule has 0 radical (unpaired) electrons. The largest absolute Gasteiger partial charge is 0.366 e. The molecule has 130 valence electrons. The van der Waals surface area contributed by atoms with Gasteiger partial charge in [0.1, 0.15) is 5.69 Å². The average Bonchev–Trinajstić information content (AvgIpc) is 3.40. The molecule has 1 saturated carbocycles. The molecule has 1 aromatic carbocycles. The number of piperidine rings is 1. The number of anilines is 1. The fourth-order valence-electron chi connectivity index (χ4n) is 3.33. The molecule has 2 aliphatic rings. The maximum atomic E-state index is 12.3. The van der Waals surface area contributed by atoms with E-state index in [0.29, 0.717) is 23.1 Å². The van der Waals surface area contributed by atoms with E-state index in [2.05, 4.69) is 17.1 Å². The van der Waals surface area contributed by atoms with Crippen LogP contribution in [0.15, 0.2) is 18.2 Å². The van der Waals surface area contributed by atoms with Crippen LogP contribution in [-0.4, -0.2) is 30.0 Å². The van der Waals surface area contributed by atoms with Gasteiger partial charge in [-0.3, -0.25) is 14.9 Å². The maximum Gasteiger partial charge on any atom is 0.293 e. The van der Waals surface area contributed by atoms with Gasteiger partial charge >= 0.3 is 0 Å². The van der Waals surface area contributed by atoms with Crippen molar-refractivity contribution < 1.29 is 9.72 Å². The third kappa shape index (κ3) is 3.68. The Bertz CT molecular complexity index is 634. The van der Waals surface area contributed by atoms with Crippen molar-refractivity contribution in [3.8, 4) is 0 Å². The van der Waals surface area contributed by atoms with Crippen LogP contribution in [0.25, 0.3) is 0 Å². The molecule has 6 nitrogen and oxygen atoms in total. The maximum absolute atomic E-state index is 12.3. The molecule has 0 aromatic heterocycles. The highest BCUT2D eigenvalue weighted by Gasteiger charge is 2.30. The molecule has 1 saturated heterocycles. The molecule has 1 unspecified atom stereocenters. The van der Waals surface area contributed by atoms with Gasteiger partial charge in [0.2, 0.25) is 0 Å². The molecule has 24 heavy (non-hydrogen) atoms. The fourth-order valence-corrected chi connectivity index (χ4v) is 3.33. The Kier molecular flexibility index (Phi) is 4.73. The Labute approximate surface area is 142 Å². The van der Waals surface area contributed by atoms with Crippen LogP contribution < -0.4 is 10.2 Å². The molecule has 1 amide bonds. The van der Waals surface area contributed by atoms with Gasteiger partial charge in [0, 0.05) is 30.8 Å². The zero-order chi connectivity index (χ0) is 17.3. The summed E-state index contributed by atoms with van der Waals surface area (Å²) in [6.45, 7) is 5.85. The Balaban J connectivity index is 1.78. The molecule has 3 rings (SSSR count). The summed E-state index contributed by atoms with van der Waals surface area (Å²) in [6.07, 6.45) is 4.37. The van der Waals surface area contributed by atoms with Crippen LogP contribution >= 0.6 is 0 Å². The molecule has 1 N–H and O–H groups in total. The number of carbonyl (C=O) groups excluding carboxylic acids is 1. The van der Waals surface area contributed by atoms with Crippen LogP contribution in [0.4, 0.5) is 11.4 Å². The number of nitro groups is 1. The smallest absolute Gasteiger partial charge is 0.293 e. The second kappa shape index (κ2) is 6.79. The molecule has 1 aromatic rings. The number of benzene rings is 1. The number of nitro benzene ring substituents is 1. The van der Waals surface area contributed by atoms with Gasteiger partial charge in [0.05, 0.1) is 4.92 Å². The minimum atomic E-state index is -0.380. The van der Waals surface area contributed by atoms with Gasteiger partial charge in [-0.25, -0.2) is 0 Å². The number of hydrogen-bond acceptors (Lipinski definition) is 4. The zero-order valence-electron chi connectivity index (χ0n) is 14.3. The van der Waals surface area contributed by atoms with Gasteiger partial charge in [0.15, 0.2) is 0 Å². The number of rotatable bonds is 5. The summed E-state index contributed by atoms with van der Waals surface area (Å²) in [6, 6.07) is 4.97. The fraction of sp³-hybridized carbons (Fsp3) is 0.611. The van der Waals surface area contributed by atoms with Crippen LogP contribution in [0.2, 0.25) is 0 Å².